The first-order valence-corrected chi connectivity index (χ1v) is 16.1. The molecule has 0 unspecified atom stereocenters. The molecule has 9 heteroatoms. The van der Waals surface area contributed by atoms with Crippen LogP contribution in [0.15, 0.2) is 39.8 Å². The molecule has 2 aliphatic carbocycles. The Morgan fingerprint density at radius 1 is 1.20 bits per heavy atom. The molecule has 4 aliphatic rings. The highest BCUT2D eigenvalue weighted by molar-refractivity contribution is 5.69. The van der Waals surface area contributed by atoms with Gasteiger partial charge in [0, 0.05) is 47.2 Å². The number of hydrogen-bond acceptors (Lipinski definition) is 9. The highest BCUT2D eigenvalue weighted by atomic mass is 16.7. The molecule has 4 heterocycles. The van der Waals surface area contributed by atoms with Crippen molar-refractivity contribution in [3.8, 4) is 17.1 Å². The third-order valence-corrected chi connectivity index (χ3v) is 11.1. The van der Waals surface area contributed by atoms with E-state index in [2.05, 4.69) is 39.6 Å². The van der Waals surface area contributed by atoms with Crippen LogP contribution in [0.2, 0.25) is 0 Å². The number of nitrogens with zero attached hydrogens (tertiary/aromatic N) is 1. The van der Waals surface area contributed by atoms with E-state index in [1.54, 1.807) is 30.6 Å². The van der Waals surface area contributed by atoms with Gasteiger partial charge < -0.3 is 28.5 Å². The van der Waals surface area contributed by atoms with Gasteiger partial charge >= 0.3 is 11.6 Å². The Morgan fingerprint density at radius 2 is 1.98 bits per heavy atom. The van der Waals surface area contributed by atoms with Crippen LogP contribution in [-0.4, -0.2) is 46.8 Å². The molecule has 0 amide bonds. The van der Waals surface area contributed by atoms with Gasteiger partial charge in [0.25, 0.3) is 0 Å². The molecule has 0 bridgehead atoms. The number of aliphatic hydroxyl groups excluding tert-OH is 1. The SMILES string of the molecule is CCCCC(=O)O[C@H]1C[C@H]2[C@]3(C)CO[C@@H](C(C)(C)C)O[C@H]3CC[C@]2(C)[C@H]2[C@@H](O)c3c(cc(-c4cccnc4)oc3=O)O[C@]12C. The molecule has 0 aromatic carbocycles. The third-order valence-electron chi connectivity index (χ3n) is 11.1. The van der Waals surface area contributed by atoms with E-state index in [1.165, 1.54) is 0 Å². The van der Waals surface area contributed by atoms with Gasteiger partial charge in [0.1, 0.15) is 28.8 Å². The minimum absolute atomic E-state index is 0.0433. The number of unbranched alkanes of at least 4 members (excludes halogenated alkanes) is 1. The van der Waals surface area contributed by atoms with Gasteiger partial charge in [0.15, 0.2) is 6.29 Å². The fourth-order valence-electron chi connectivity index (χ4n) is 8.85. The summed E-state index contributed by atoms with van der Waals surface area (Å²) >= 11 is 0. The number of rotatable bonds is 5. The third kappa shape index (κ3) is 4.90. The standard InChI is InChI=1S/C35H47NO8/c1-8-9-12-26(37)42-25-17-23-33(5,14-13-24-34(23,6)19-40-31(43-24)32(2,3)4)29-28(38)27-22(44-35(25,29)7)16-21(41-30(27)39)20-11-10-15-36-18-20/h10-11,15-16,18,23-25,28-29,31,38H,8-9,12-14,17,19H2,1-7H3/t23-,24+,25+,28+,29-,31-,33+,34+,35-/m1/s1. The van der Waals surface area contributed by atoms with Gasteiger partial charge in [-0.2, -0.15) is 0 Å². The highest BCUT2D eigenvalue weighted by Crippen LogP contribution is 2.68. The lowest BCUT2D eigenvalue weighted by atomic mass is 9.42. The van der Waals surface area contributed by atoms with Crippen molar-refractivity contribution in [2.24, 2.45) is 28.1 Å². The van der Waals surface area contributed by atoms with Crippen LogP contribution in [0.25, 0.3) is 11.3 Å². The topological polar surface area (TPSA) is 117 Å². The zero-order valence-electron chi connectivity index (χ0n) is 27.1. The van der Waals surface area contributed by atoms with Gasteiger partial charge in [-0.15, -0.1) is 0 Å². The Morgan fingerprint density at radius 3 is 2.66 bits per heavy atom. The summed E-state index contributed by atoms with van der Waals surface area (Å²) in [6, 6.07) is 5.20. The van der Waals surface area contributed by atoms with Crippen LogP contribution >= 0.6 is 0 Å². The van der Waals surface area contributed by atoms with Crippen LogP contribution in [0.1, 0.15) is 98.7 Å². The first-order valence-electron chi connectivity index (χ1n) is 16.1. The zero-order chi connectivity index (χ0) is 31.7. The monoisotopic (exact) mass is 609 g/mol. The average molecular weight is 610 g/mol. The number of ether oxygens (including phenoxy) is 4. The van der Waals surface area contributed by atoms with E-state index in [-0.39, 0.29) is 41.0 Å². The molecule has 240 valence electrons. The van der Waals surface area contributed by atoms with Gasteiger partial charge in [0.2, 0.25) is 0 Å². The number of esters is 1. The lowest BCUT2D eigenvalue weighted by molar-refractivity contribution is -0.344. The van der Waals surface area contributed by atoms with Gasteiger partial charge in [-0.3, -0.25) is 9.78 Å². The molecular weight excluding hydrogens is 562 g/mol. The van der Waals surface area contributed by atoms with E-state index >= 15 is 0 Å². The summed E-state index contributed by atoms with van der Waals surface area (Å²) in [5.74, 6) is -0.339. The number of aliphatic hydroxyl groups is 1. The van der Waals surface area contributed by atoms with E-state index in [9.17, 15) is 14.7 Å². The smallest absolute Gasteiger partial charge is 0.345 e. The summed E-state index contributed by atoms with van der Waals surface area (Å²) in [7, 11) is 0. The van der Waals surface area contributed by atoms with E-state index in [4.69, 9.17) is 23.4 Å². The second-order valence-corrected chi connectivity index (χ2v) is 15.2. The van der Waals surface area contributed by atoms with Gasteiger partial charge in [-0.05, 0) is 56.1 Å². The minimum atomic E-state index is -1.19. The second kappa shape index (κ2) is 11.0. The fraction of sp³-hybridized carbons (Fsp3) is 0.686. The Hall–Kier alpha value is -2.75. The maximum atomic E-state index is 13.6. The lowest BCUT2D eigenvalue weighted by Crippen LogP contribution is -2.72. The highest BCUT2D eigenvalue weighted by Gasteiger charge is 2.71. The molecule has 9 nitrogen and oxygen atoms in total. The van der Waals surface area contributed by atoms with Crippen molar-refractivity contribution >= 4 is 5.97 Å². The van der Waals surface area contributed by atoms with Crippen molar-refractivity contribution < 1.29 is 33.3 Å². The minimum Gasteiger partial charge on any atom is -0.482 e. The van der Waals surface area contributed by atoms with E-state index in [0.717, 1.165) is 25.7 Å². The van der Waals surface area contributed by atoms with Gasteiger partial charge in [-0.1, -0.05) is 48.0 Å². The van der Waals surface area contributed by atoms with Crippen molar-refractivity contribution in [3.05, 3.63) is 46.6 Å². The predicted molar refractivity (Wildman–Crippen MR) is 163 cm³/mol. The number of carbonyl (C=O) groups is 1. The molecule has 3 fully saturated rings. The number of fused-ring (bicyclic) bond motifs is 6. The molecule has 9 atom stereocenters. The molecular formula is C35H47NO8. The summed E-state index contributed by atoms with van der Waals surface area (Å²) in [6.07, 6.45) is 4.98. The van der Waals surface area contributed by atoms with Crippen molar-refractivity contribution in [1.82, 2.24) is 4.98 Å². The number of carbonyl (C=O) groups excluding carboxylic acids is 1. The predicted octanol–water partition coefficient (Wildman–Crippen LogP) is 6.22. The second-order valence-electron chi connectivity index (χ2n) is 15.2. The summed E-state index contributed by atoms with van der Waals surface area (Å²) in [6.45, 7) is 15.2. The van der Waals surface area contributed by atoms with Crippen LogP contribution in [0.4, 0.5) is 0 Å². The first-order chi connectivity index (χ1) is 20.7. The molecule has 2 aromatic heterocycles. The average Bonchev–Trinajstić information content (AvgIpc) is 2.96. The largest absolute Gasteiger partial charge is 0.482 e. The van der Waals surface area contributed by atoms with Crippen LogP contribution in [-0.2, 0) is 19.0 Å². The Bertz CT molecular complexity index is 1450. The maximum absolute atomic E-state index is 13.6. The molecule has 2 saturated carbocycles. The summed E-state index contributed by atoms with van der Waals surface area (Å²) in [5.41, 5.74) is -2.09. The quantitative estimate of drug-likeness (QED) is 0.394. The Balaban J connectivity index is 1.44. The van der Waals surface area contributed by atoms with E-state index in [1.807, 2.05) is 13.8 Å². The summed E-state index contributed by atoms with van der Waals surface area (Å²) in [4.78, 5) is 30.9. The van der Waals surface area contributed by atoms with Crippen LogP contribution in [0.3, 0.4) is 0 Å². The summed E-state index contributed by atoms with van der Waals surface area (Å²) in [5, 5.41) is 12.2. The van der Waals surface area contributed by atoms with E-state index in [0.29, 0.717) is 30.8 Å². The molecule has 1 saturated heterocycles. The fourth-order valence-corrected chi connectivity index (χ4v) is 8.85. The molecule has 2 aromatic rings. The van der Waals surface area contributed by atoms with Crippen molar-refractivity contribution in [3.63, 3.8) is 0 Å². The lowest BCUT2D eigenvalue weighted by Gasteiger charge is -2.68. The molecule has 0 radical (unpaired) electrons. The Kier molecular flexibility index (Phi) is 7.78. The van der Waals surface area contributed by atoms with Crippen molar-refractivity contribution in [2.75, 3.05) is 6.61 Å². The number of pyridine rings is 1. The van der Waals surface area contributed by atoms with Gasteiger partial charge in [-0.25, -0.2) is 4.79 Å². The van der Waals surface area contributed by atoms with Crippen LogP contribution < -0.4 is 10.4 Å². The summed E-state index contributed by atoms with van der Waals surface area (Å²) < 4.78 is 31.9. The normalized spacial score (nSPS) is 37.9. The molecule has 0 spiro atoms. The van der Waals surface area contributed by atoms with Crippen molar-refractivity contribution in [2.45, 2.75) is 117 Å². The molecule has 1 N–H and O–H groups in total. The molecule has 44 heavy (non-hydrogen) atoms. The molecule has 6 rings (SSSR count). The first kappa shape index (κ1) is 31.2. The van der Waals surface area contributed by atoms with Crippen molar-refractivity contribution in [1.29, 1.82) is 0 Å². The number of aromatic nitrogens is 1. The zero-order valence-corrected chi connectivity index (χ0v) is 27.1. The Labute approximate surface area is 259 Å². The molecule has 2 aliphatic heterocycles. The van der Waals surface area contributed by atoms with Gasteiger partial charge in [0.05, 0.1) is 18.8 Å². The van der Waals surface area contributed by atoms with E-state index < -0.39 is 40.2 Å². The van der Waals surface area contributed by atoms with Crippen LogP contribution in [0, 0.1) is 28.1 Å². The number of hydrogen-bond donors (Lipinski definition) is 1. The maximum Gasteiger partial charge on any atom is 0.345 e. The van der Waals surface area contributed by atoms with Crippen LogP contribution in [0.5, 0.6) is 5.75 Å².